The lowest BCUT2D eigenvalue weighted by molar-refractivity contribution is 0.590. The van der Waals surface area contributed by atoms with Crippen LogP contribution >= 0.6 is 11.3 Å². The van der Waals surface area contributed by atoms with Crippen LogP contribution in [0.3, 0.4) is 0 Å². The number of sulfone groups is 1. The lowest BCUT2D eigenvalue weighted by Crippen LogP contribution is -2.05. The average Bonchev–Trinajstić information content (AvgIpc) is 2.68. The molecule has 0 saturated heterocycles. The van der Waals surface area contributed by atoms with E-state index in [0.29, 0.717) is 4.88 Å². The summed E-state index contributed by atoms with van der Waals surface area (Å²) in [6.45, 7) is 0. The standard InChI is InChI=1S/C11H10FNO2S2/c12-8-4-9(13)6-11(5-8)17(14,15)7-10-2-1-3-16-10/h1-6H,7,13H2. The van der Waals surface area contributed by atoms with Crippen molar-refractivity contribution in [1.82, 2.24) is 0 Å². The Labute approximate surface area is 103 Å². The summed E-state index contributed by atoms with van der Waals surface area (Å²) in [7, 11) is -3.54. The molecule has 0 amide bonds. The Hall–Kier alpha value is -1.40. The fraction of sp³-hybridized carbons (Fsp3) is 0.0909. The van der Waals surface area contributed by atoms with Gasteiger partial charge in [-0.25, -0.2) is 12.8 Å². The molecule has 0 fully saturated rings. The van der Waals surface area contributed by atoms with E-state index in [0.717, 1.165) is 12.1 Å². The molecule has 0 unspecified atom stereocenters. The van der Waals surface area contributed by atoms with Crippen molar-refractivity contribution in [3.8, 4) is 0 Å². The Bertz CT molecular complexity index is 601. The highest BCUT2D eigenvalue weighted by Gasteiger charge is 2.17. The molecule has 2 rings (SSSR count). The fourth-order valence-electron chi connectivity index (χ4n) is 1.43. The van der Waals surface area contributed by atoms with Gasteiger partial charge in [0, 0.05) is 10.6 Å². The maximum atomic E-state index is 13.1. The van der Waals surface area contributed by atoms with Crippen LogP contribution in [-0.4, -0.2) is 8.42 Å². The van der Waals surface area contributed by atoms with Crippen LogP contribution in [0.5, 0.6) is 0 Å². The number of halogens is 1. The summed E-state index contributed by atoms with van der Waals surface area (Å²) in [5.74, 6) is -0.775. The molecule has 90 valence electrons. The van der Waals surface area contributed by atoms with Crippen LogP contribution in [0.2, 0.25) is 0 Å². The summed E-state index contributed by atoms with van der Waals surface area (Å²) >= 11 is 1.35. The first-order chi connectivity index (χ1) is 7.97. The van der Waals surface area contributed by atoms with Gasteiger partial charge >= 0.3 is 0 Å². The van der Waals surface area contributed by atoms with Gasteiger partial charge in [0.25, 0.3) is 0 Å². The van der Waals surface area contributed by atoms with E-state index in [-0.39, 0.29) is 16.3 Å². The highest BCUT2D eigenvalue weighted by atomic mass is 32.2. The van der Waals surface area contributed by atoms with E-state index < -0.39 is 15.7 Å². The van der Waals surface area contributed by atoms with Gasteiger partial charge in [-0.2, -0.15) is 0 Å². The SMILES string of the molecule is Nc1cc(F)cc(S(=O)(=O)Cc2cccs2)c1. The number of hydrogen-bond acceptors (Lipinski definition) is 4. The van der Waals surface area contributed by atoms with E-state index in [1.54, 1.807) is 17.5 Å². The number of benzene rings is 1. The van der Waals surface area contributed by atoms with Crippen molar-refractivity contribution >= 4 is 26.9 Å². The second-order valence-corrected chi connectivity index (χ2v) is 6.58. The van der Waals surface area contributed by atoms with Gasteiger partial charge in [-0.3, -0.25) is 0 Å². The van der Waals surface area contributed by atoms with Crippen molar-refractivity contribution in [3.63, 3.8) is 0 Å². The summed E-state index contributed by atoms with van der Waals surface area (Å²) in [4.78, 5) is 0.635. The van der Waals surface area contributed by atoms with E-state index in [2.05, 4.69) is 0 Å². The number of thiophene rings is 1. The summed E-state index contributed by atoms with van der Waals surface area (Å²) in [5.41, 5.74) is 5.53. The van der Waals surface area contributed by atoms with Gasteiger partial charge in [0.1, 0.15) is 5.82 Å². The Morgan fingerprint density at radius 2 is 2.06 bits per heavy atom. The molecule has 3 nitrogen and oxygen atoms in total. The van der Waals surface area contributed by atoms with Gasteiger partial charge in [0.05, 0.1) is 10.6 Å². The number of nitrogen functional groups attached to an aromatic ring is 1. The van der Waals surface area contributed by atoms with Crippen molar-refractivity contribution in [2.45, 2.75) is 10.6 Å². The zero-order chi connectivity index (χ0) is 12.5. The molecular weight excluding hydrogens is 261 g/mol. The zero-order valence-electron chi connectivity index (χ0n) is 8.76. The predicted octanol–water partition coefficient (Wildman–Crippen LogP) is 2.44. The Morgan fingerprint density at radius 3 is 2.65 bits per heavy atom. The quantitative estimate of drug-likeness (QED) is 0.872. The largest absolute Gasteiger partial charge is 0.399 e. The smallest absolute Gasteiger partial charge is 0.183 e. The summed E-state index contributed by atoms with van der Waals surface area (Å²) in [5, 5.41) is 1.80. The van der Waals surface area contributed by atoms with E-state index >= 15 is 0 Å². The molecule has 0 aliphatic rings. The molecule has 2 aromatic rings. The lowest BCUT2D eigenvalue weighted by atomic mass is 10.3. The molecule has 6 heteroatoms. The second-order valence-electron chi connectivity index (χ2n) is 3.56. The molecule has 0 spiro atoms. The third kappa shape index (κ3) is 2.83. The molecule has 1 aromatic carbocycles. The molecule has 0 bridgehead atoms. The van der Waals surface area contributed by atoms with Crippen molar-refractivity contribution < 1.29 is 12.8 Å². The van der Waals surface area contributed by atoms with Crippen molar-refractivity contribution in [2.24, 2.45) is 0 Å². The molecule has 1 heterocycles. The number of nitrogens with two attached hydrogens (primary N) is 1. The third-order valence-corrected chi connectivity index (χ3v) is 4.87. The zero-order valence-corrected chi connectivity index (χ0v) is 10.4. The third-order valence-electron chi connectivity index (χ3n) is 2.17. The molecule has 0 aliphatic carbocycles. The summed E-state index contributed by atoms with van der Waals surface area (Å²) in [6, 6.07) is 6.84. The van der Waals surface area contributed by atoms with Crippen LogP contribution in [0, 0.1) is 5.82 Å². The average molecular weight is 271 g/mol. The van der Waals surface area contributed by atoms with Crippen LogP contribution in [0.4, 0.5) is 10.1 Å². The Kier molecular flexibility index (Phi) is 3.17. The predicted molar refractivity (Wildman–Crippen MR) is 66.0 cm³/mol. The highest BCUT2D eigenvalue weighted by molar-refractivity contribution is 7.90. The van der Waals surface area contributed by atoms with Crippen molar-refractivity contribution in [1.29, 1.82) is 0 Å². The highest BCUT2D eigenvalue weighted by Crippen LogP contribution is 2.22. The maximum Gasteiger partial charge on any atom is 0.183 e. The van der Waals surface area contributed by atoms with Gasteiger partial charge in [-0.15, -0.1) is 11.3 Å². The number of anilines is 1. The molecular formula is C11H10FNO2S2. The van der Waals surface area contributed by atoms with Gasteiger partial charge in [-0.1, -0.05) is 6.07 Å². The monoisotopic (exact) mass is 271 g/mol. The van der Waals surface area contributed by atoms with Gasteiger partial charge in [-0.05, 0) is 29.6 Å². The summed E-state index contributed by atoms with van der Waals surface area (Å²) in [6.07, 6.45) is 0. The summed E-state index contributed by atoms with van der Waals surface area (Å²) < 4.78 is 37.1. The van der Waals surface area contributed by atoms with Crippen LogP contribution in [0.1, 0.15) is 4.88 Å². The molecule has 0 aliphatic heterocycles. The molecule has 17 heavy (non-hydrogen) atoms. The van der Waals surface area contributed by atoms with Crippen molar-refractivity contribution in [3.05, 3.63) is 46.4 Å². The Balaban J connectivity index is 2.38. The van der Waals surface area contributed by atoms with Crippen LogP contribution in [0.15, 0.2) is 40.6 Å². The topological polar surface area (TPSA) is 60.2 Å². The first-order valence-electron chi connectivity index (χ1n) is 4.78. The van der Waals surface area contributed by atoms with E-state index in [9.17, 15) is 12.8 Å². The maximum absolute atomic E-state index is 13.1. The van der Waals surface area contributed by atoms with E-state index in [1.165, 1.54) is 17.4 Å². The molecule has 0 radical (unpaired) electrons. The second kappa shape index (κ2) is 4.46. The van der Waals surface area contributed by atoms with Gasteiger partial charge in [0.2, 0.25) is 0 Å². The Morgan fingerprint density at radius 1 is 1.29 bits per heavy atom. The van der Waals surface area contributed by atoms with Crippen LogP contribution in [-0.2, 0) is 15.6 Å². The van der Waals surface area contributed by atoms with Gasteiger partial charge < -0.3 is 5.73 Å². The minimum atomic E-state index is -3.54. The minimum absolute atomic E-state index is 0.0802. The lowest BCUT2D eigenvalue weighted by Gasteiger charge is -2.04. The minimum Gasteiger partial charge on any atom is -0.399 e. The molecule has 0 saturated carbocycles. The molecule has 1 aromatic heterocycles. The van der Waals surface area contributed by atoms with E-state index in [4.69, 9.17) is 5.73 Å². The first-order valence-corrected chi connectivity index (χ1v) is 7.32. The van der Waals surface area contributed by atoms with E-state index in [1.807, 2.05) is 0 Å². The van der Waals surface area contributed by atoms with Crippen molar-refractivity contribution in [2.75, 3.05) is 5.73 Å². The number of hydrogen-bond donors (Lipinski definition) is 1. The first kappa shape index (κ1) is 12.1. The molecule has 2 N–H and O–H groups in total. The normalized spacial score (nSPS) is 11.6. The van der Waals surface area contributed by atoms with Crippen LogP contribution < -0.4 is 5.73 Å². The van der Waals surface area contributed by atoms with Crippen LogP contribution in [0.25, 0.3) is 0 Å². The van der Waals surface area contributed by atoms with Gasteiger partial charge in [0.15, 0.2) is 9.84 Å². The molecule has 0 atom stereocenters. The fourth-order valence-corrected chi connectivity index (χ4v) is 3.90. The number of rotatable bonds is 3.